The van der Waals surface area contributed by atoms with Crippen molar-refractivity contribution >= 4 is 11.8 Å². The van der Waals surface area contributed by atoms with Crippen molar-refractivity contribution in [3.8, 4) is 11.1 Å². The van der Waals surface area contributed by atoms with E-state index in [0.29, 0.717) is 11.3 Å². The van der Waals surface area contributed by atoms with Crippen LogP contribution in [-0.4, -0.2) is 16.8 Å². The zero-order valence-corrected chi connectivity index (χ0v) is 14.5. The molecule has 26 heavy (non-hydrogen) atoms. The number of aryl methyl sites for hydroxylation is 1. The monoisotopic (exact) mass is 349 g/mol. The lowest BCUT2D eigenvalue weighted by Gasteiger charge is -2.11. The van der Waals surface area contributed by atoms with Crippen LogP contribution in [0.3, 0.4) is 0 Å². The molecule has 0 saturated carbocycles. The van der Waals surface area contributed by atoms with E-state index >= 15 is 0 Å². The van der Waals surface area contributed by atoms with Gasteiger partial charge in [-0.15, -0.1) is 0 Å². The quantitative estimate of drug-likeness (QED) is 0.739. The Balaban J connectivity index is 1.71. The Morgan fingerprint density at radius 3 is 2.23 bits per heavy atom. The van der Waals surface area contributed by atoms with Crippen molar-refractivity contribution in [2.45, 2.75) is 19.9 Å². The highest BCUT2D eigenvalue weighted by Crippen LogP contribution is 2.20. The second-order valence-electron chi connectivity index (χ2n) is 5.97. The Kier molecular flexibility index (Phi) is 4.84. The minimum absolute atomic E-state index is 0.00770. The number of carbonyl (C=O) groups is 2. The van der Waals surface area contributed by atoms with Gasteiger partial charge in [0.05, 0.1) is 5.69 Å². The molecular formula is C20H19N3O3. The maximum absolute atomic E-state index is 12.4. The van der Waals surface area contributed by atoms with E-state index in [9.17, 15) is 9.59 Å². The van der Waals surface area contributed by atoms with Crippen molar-refractivity contribution in [3.05, 3.63) is 77.5 Å². The number of nitrogens with zero attached hydrogens (tertiary/aromatic N) is 1. The molecule has 6 heteroatoms. The van der Waals surface area contributed by atoms with Crippen LogP contribution in [0.5, 0.6) is 0 Å². The van der Waals surface area contributed by atoms with Gasteiger partial charge in [0, 0.05) is 5.56 Å². The SMILES string of the molecule is Cc1nc(C(C)NC(=O)c2ccc(-c3ccccc3)cc2)oc1C(N)=O. The molecular weight excluding hydrogens is 330 g/mol. The number of benzene rings is 2. The van der Waals surface area contributed by atoms with Crippen LogP contribution in [0.25, 0.3) is 11.1 Å². The summed E-state index contributed by atoms with van der Waals surface area (Å²) in [5, 5.41) is 2.80. The maximum atomic E-state index is 12.4. The Labute approximate surface area is 151 Å². The fourth-order valence-electron chi connectivity index (χ4n) is 2.62. The van der Waals surface area contributed by atoms with Crippen LogP contribution in [0.15, 0.2) is 59.0 Å². The normalized spacial score (nSPS) is 11.8. The van der Waals surface area contributed by atoms with Crippen molar-refractivity contribution < 1.29 is 14.0 Å². The Morgan fingerprint density at radius 2 is 1.65 bits per heavy atom. The summed E-state index contributed by atoms with van der Waals surface area (Å²) in [5.41, 5.74) is 8.27. The molecule has 132 valence electrons. The maximum Gasteiger partial charge on any atom is 0.286 e. The van der Waals surface area contributed by atoms with E-state index in [2.05, 4.69) is 10.3 Å². The Morgan fingerprint density at radius 1 is 1.04 bits per heavy atom. The third kappa shape index (κ3) is 3.64. The first-order chi connectivity index (χ1) is 12.5. The highest BCUT2D eigenvalue weighted by molar-refractivity contribution is 5.95. The van der Waals surface area contributed by atoms with Crippen molar-refractivity contribution in [1.82, 2.24) is 10.3 Å². The highest BCUT2D eigenvalue weighted by Gasteiger charge is 2.20. The summed E-state index contributed by atoms with van der Waals surface area (Å²) in [4.78, 5) is 27.8. The van der Waals surface area contributed by atoms with Crippen molar-refractivity contribution in [1.29, 1.82) is 0 Å². The standard InChI is InChI=1S/C20H19N3O3/c1-12-17(18(21)24)26-20(23-12)13(2)22-19(25)16-10-8-15(9-11-16)14-6-4-3-5-7-14/h3-11,13H,1-2H3,(H2,21,24)(H,22,25). The fourth-order valence-corrected chi connectivity index (χ4v) is 2.62. The summed E-state index contributed by atoms with van der Waals surface area (Å²) in [6, 6.07) is 16.7. The van der Waals surface area contributed by atoms with Gasteiger partial charge in [-0.25, -0.2) is 4.98 Å². The summed E-state index contributed by atoms with van der Waals surface area (Å²) >= 11 is 0. The number of primary amides is 1. The van der Waals surface area contributed by atoms with Crippen molar-refractivity contribution in [3.63, 3.8) is 0 Å². The molecule has 1 atom stereocenters. The predicted molar refractivity (Wildman–Crippen MR) is 97.5 cm³/mol. The van der Waals surface area contributed by atoms with E-state index in [1.807, 2.05) is 42.5 Å². The first-order valence-corrected chi connectivity index (χ1v) is 8.19. The number of rotatable bonds is 5. The van der Waals surface area contributed by atoms with Crippen LogP contribution < -0.4 is 11.1 Å². The second kappa shape index (κ2) is 7.23. The van der Waals surface area contributed by atoms with Gasteiger partial charge in [-0.05, 0) is 37.1 Å². The number of aromatic nitrogens is 1. The molecule has 3 N–H and O–H groups in total. The second-order valence-corrected chi connectivity index (χ2v) is 5.97. The first-order valence-electron chi connectivity index (χ1n) is 8.19. The minimum Gasteiger partial charge on any atom is -0.433 e. The van der Waals surface area contributed by atoms with Gasteiger partial charge in [0.25, 0.3) is 11.8 Å². The first kappa shape index (κ1) is 17.4. The summed E-state index contributed by atoms with van der Waals surface area (Å²) in [7, 11) is 0. The van der Waals surface area contributed by atoms with Gasteiger partial charge >= 0.3 is 0 Å². The summed E-state index contributed by atoms with van der Waals surface area (Å²) in [6.07, 6.45) is 0. The van der Waals surface area contributed by atoms with Crippen LogP contribution in [0.2, 0.25) is 0 Å². The molecule has 0 aliphatic rings. The molecule has 0 aliphatic carbocycles. The van der Waals surface area contributed by atoms with E-state index in [0.717, 1.165) is 11.1 Å². The van der Waals surface area contributed by atoms with E-state index in [-0.39, 0.29) is 17.6 Å². The average Bonchev–Trinajstić information content (AvgIpc) is 3.05. The molecule has 0 spiro atoms. The third-order valence-electron chi connectivity index (χ3n) is 4.01. The molecule has 3 aromatic rings. The molecule has 0 aliphatic heterocycles. The molecule has 6 nitrogen and oxygen atoms in total. The third-order valence-corrected chi connectivity index (χ3v) is 4.01. The van der Waals surface area contributed by atoms with E-state index < -0.39 is 11.9 Å². The molecule has 0 radical (unpaired) electrons. The summed E-state index contributed by atoms with van der Waals surface area (Å²) in [6.45, 7) is 3.36. The number of amides is 2. The zero-order chi connectivity index (χ0) is 18.7. The molecule has 0 bridgehead atoms. The molecule has 0 saturated heterocycles. The molecule has 0 fully saturated rings. The largest absolute Gasteiger partial charge is 0.433 e. The average molecular weight is 349 g/mol. The number of oxazole rings is 1. The lowest BCUT2D eigenvalue weighted by Crippen LogP contribution is -2.26. The number of hydrogen-bond donors (Lipinski definition) is 2. The zero-order valence-electron chi connectivity index (χ0n) is 14.5. The topological polar surface area (TPSA) is 98.2 Å². The smallest absolute Gasteiger partial charge is 0.286 e. The van der Waals surface area contributed by atoms with Crippen molar-refractivity contribution in [2.75, 3.05) is 0 Å². The van der Waals surface area contributed by atoms with Crippen LogP contribution in [0.1, 0.15) is 45.5 Å². The van der Waals surface area contributed by atoms with E-state index in [1.54, 1.807) is 26.0 Å². The van der Waals surface area contributed by atoms with E-state index in [4.69, 9.17) is 10.2 Å². The van der Waals surface area contributed by atoms with Gasteiger partial charge in [-0.1, -0.05) is 42.5 Å². The van der Waals surface area contributed by atoms with Gasteiger partial charge in [0.15, 0.2) is 0 Å². The highest BCUT2D eigenvalue weighted by atomic mass is 16.4. The van der Waals surface area contributed by atoms with E-state index in [1.165, 1.54) is 0 Å². The summed E-state index contributed by atoms with van der Waals surface area (Å²) < 4.78 is 5.35. The van der Waals surface area contributed by atoms with Crippen LogP contribution in [0.4, 0.5) is 0 Å². The molecule has 1 heterocycles. The lowest BCUT2D eigenvalue weighted by molar-refractivity contribution is 0.0933. The number of carbonyl (C=O) groups excluding carboxylic acids is 2. The van der Waals surface area contributed by atoms with Gasteiger partial charge in [0.1, 0.15) is 6.04 Å². The molecule has 1 unspecified atom stereocenters. The molecule has 2 amide bonds. The number of nitrogens with one attached hydrogen (secondary N) is 1. The lowest BCUT2D eigenvalue weighted by atomic mass is 10.0. The Bertz CT molecular complexity index is 931. The van der Waals surface area contributed by atoms with Crippen molar-refractivity contribution in [2.24, 2.45) is 5.73 Å². The minimum atomic E-state index is -0.684. The Hall–Kier alpha value is -3.41. The van der Waals surface area contributed by atoms with Crippen LogP contribution >= 0.6 is 0 Å². The molecule has 3 rings (SSSR count). The fraction of sp³-hybridized carbons (Fsp3) is 0.150. The summed E-state index contributed by atoms with van der Waals surface area (Å²) in [5.74, 6) is -0.691. The van der Waals surface area contributed by atoms with Gasteiger partial charge in [-0.2, -0.15) is 0 Å². The van der Waals surface area contributed by atoms with Gasteiger partial charge in [-0.3, -0.25) is 9.59 Å². The number of nitrogens with two attached hydrogens (primary N) is 1. The van der Waals surface area contributed by atoms with Gasteiger partial charge < -0.3 is 15.5 Å². The number of hydrogen-bond acceptors (Lipinski definition) is 4. The van der Waals surface area contributed by atoms with Crippen LogP contribution in [-0.2, 0) is 0 Å². The van der Waals surface area contributed by atoms with Gasteiger partial charge in [0.2, 0.25) is 11.7 Å². The molecule has 2 aromatic carbocycles. The predicted octanol–water partition coefficient (Wildman–Crippen LogP) is 3.24. The van der Waals surface area contributed by atoms with Crippen LogP contribution in [0, 0.1) is 6.92 Å². The molecule has 1 aromatic heterocycles.